The lowest BCUT2D eigenvalue weighted by Crippen LogP contribution is -2.18. The fourth-order valence-electron chi connectivity index (χ4n) is 1.12. The highest BCUT2D eigenvalue weighted by atomic mass is 32.1. The lowest BCUT2D eigenvalue weighted by molar-refractivity contribution is 0.161. The Morgan fingerprint density at radius 3 is 3.13 bits per heavy atom. The monoisotopic (exact) mass is 228 g/mol. The van der Waals surface area contributed by atoms with Crippen LogP contribution >= 0.6 is 11.5 Å². The second kappa shape index (κ2) is 4.43. The molecular weight excluding hydrogens is 216 g/mol. The fraction of sp³-hybridized carbons (Fsp3) is 0.625. The molecule has 7 heteroatoms. The van der Waals surface area contributed by atoms with Gasteiger partial charge < -0.3 is 15.8 Å². The Labute approximate surface area is 91.0 Å². The summed E-state index contributed by atoms with van der Waals surface area (Å²) < 4.78 is 8.79. The van der Waals surface area contributed by atoms with Gasteiger partial charge in [-0.3, -0.25) is 0 Å². The van der Waals surface area contributed by atoms with Crippen LogP contribution in [-0.2, 0) is 4.74 Å². The third kappa shape index (κ3) is 3.05. The van der Waals surface area contributed by atoms with Crippen molar-refractivity contribution >= 4 is 22.8 Å². The van der Waals surface area contributed by atoms with Gasteiger partial charge in [0.05, 0.1) is 6.54 Å². The van der Waals surface area contributed by atoms with Crippen LogP contribution in [0.15, 0.2) is 0 Å². The molecule has 1 aliphatic rings. The van der Waals surface area contributed by atoms with Gasteiger partial charge in [0.1, 0.15) is 12.4 Å². The molecule has 2 rings (SSSR count). The van der Waals surface area contributed by atoms with Crippen LogP contribution in [0.3, 0.4) is 0 Å². The van der Waals surface area contributed by atoms with Crippen LogP contribution in [0.4, 0.5) is 9.93 Å². The predicted octanol–water partition coefficient (Wildman–Crippen LogP) is 0.923. The number of hydrogen-bond donors (Lipinski definition) is 2. The molecule has 0 aromatic carbocycles. The molecule has 1 aliphatic carbocycles. The second-order valence-electron chi connectivity index (χ2n) is 3.33. The maximum atomic E-state index is 10.3. The largest absolute Gasteiger partial charge is 0.448 e. The number of nitrogens with two attached hydrogens (primary N) is 1. The smallest absolute Gasteiger partial charge is 0.404 e. The van der Waals surface area contributed by atoms with E-state index in [1.54, 1.807) is 0 Å². The predicted molar refractivity (Wildman–Crippen MR) is 55.9 cm³/mol. The summed E-state index contributed by atoms with van der Waals surface area (Å²) in [5, 5.41) is 3.78. The van der Waals surface area contributed by atoms with Gasteiger partial charge in [0.2, 0.25) is 5.13 Å². The fourth-order valence-corrected chi connectivity index (χ4v) is 1.79. The minimum atomic E-state index is -0.757. The first-order chi connectivity index (χ1) is 7.25. The molecule has 6 nitrogen and oxygen atoms in total. The van der Waals surface area contributed by atoms with E-state index in [-0.39, 0.29) is 6.61 Å². The average molecular weight is 228 g/mol. The number of primary amides is 1. The number of carbonyl (C=O) groups excluding carboxylic acids is 1. The quantitative estimate of drug-likeness (QED) is 0.731. The van der Waals surface area contributed by atoms with Gasteiger partial charge in [-0.2, -0.15) is 4.37 Å². The number of aromatic nitrogens is 2. The zero-order valence-corrected chi connectivity index (χ0v) is 8.92. The maximum absolute atomic E-state index is 10.3. The Hall–Kier alpha value is -1.37. The Morgan fingerprint density at radius 2 is 2.47 bits per heavy atom. The highest BCUT2D eigenvalue weighted by molar-refractivity contribution is 7.09. The van der Waals surface area contributed by atoms with Crippen molar-refractivity contribution in [3.63, 3.8) is 0 Å². The summed E-state index contributed by atoms with van der Waals surface area (Å²) in [6.45, 7) is 0.746. The van der Waals surface area contributed by atoms with E-state index in [0.717, 1.165) is 11.0 Å². The summed E-state index contributed by atoms with van der Waals surface area (Å²) in [7, 11) is 0. The van der Waals surface area contributed by atoms with E-state index in [2.05, 4.69) is 19.4 Å². The molecule has 1 aromatic heterocycles. The van der Waals surface area contributed by atoms with Crippen LogP contribution in [-0.4, -0.2) is 28.6 Å². The van der Waals surface area contributed by atoms with Crippen LogP contribution in [0.2, 0.25) is 0 Å². The molecule has 0 spiro atoms. The molecule has 1 heterocycles. The van der Waals surface area contributed by atoms with Crippen LogP contribution in [0.1, 0.15) is 24.6 Å². The van der Waals surface area contributed by atoms with Crippen LogP contribution in [0.25, 0.3) is 0 Å². The summed E-state index contributed by atoms with van der Waals surface area (Å²) >= 11 is 1.33. The first-order valence-electron chi connectivity index (χ1n) is 4.75. The first-order valence-corrected chi connectivity index (χ1v) is 5.53. The average Bonchev–Trinajstić information content (AvgIpc) is 2.94. The van der Waals surface area contributed by atoms with Gasteiger partial charge in [-0.15, -0.1) is 0 Å². The van der Waals surface area contributed by atoms with E-state index in [1.165, 1.54) is 24.4 Å². The topological polar surface area (TPSA) is 90.1 Å². The van der Waals surface area contributed by atoms with Gasteiger partial charge in [0.25, 0.3) is 0 Å². The number of amides is 1. The lowest BCUT2D eigenvalue weighted by Gasteiger charge is -2.01. The number of nitrogens with zero attached hydrogens (tertiary/aromatic N) is 2. The molecule has 1 aromatic rings. The number of rotatable bonds is 5. The highest BCUT2D eigenvalue weighted by Gasteiger charge is 2.27. The number of anilines is 1. The molecule has 82 valence electrons. The minimum Gasteiger partial charge on any atom is -0.448 e. The molecule has 3 N–H and O–H groups in total. The Balaban J connectivity index is 1.71. The third-order valence-corrected chi connectivity index (χ3v) is 2.69. The minimum absolute atomic E-state index is 0.244. The maximum Gasteiger partial charge on any atom is 0.404 e. The van der Waals surface area contributed by atoms with Gasteiger partial charge in [-0.05, 0) is 12.8 Å². The number of ether oxygens (including phenoxy) is 1. The van der Waals surface area contributed by atoms with Crippen molar-refractivity contribution in [1.82, 2.24) is 9.36 Å². The molecule has 1 saturated carbocycles. The van der Waals surface area contributed by atoms with Gasteiger partial charge in [0, 0.05) is 17.5 Å². The van der Waals surface area contributed by atoms with Crippen molar-refractivity contribution in [3.05, 3.63) is 5.82 Å². The van der Waals surface area contributed by atoms with Gasteiger partial charge in [-0.1, -0.05) is 0 Å². The van der Waals surface area contributed by atoms with E-state index in [4.69, 9.17) is 5.73 Å². The van der Waals surface area contributed by atoms with Crippen molar-refractivity contribution in [1.29, 1.82) is 0 Å². The summed E-state index contributed by atoms with van der Waals surface area (Å²) in [5.74, 6) is 1.50. The summed E-state index contributed by atoms with van der Waals surface area (Å²) in [4.78, 5) is 14.6. The third-order valence-electron chi connectivity index (χ3n) is 2.01. The SMILES string of the molecule is NC(=O)OCCNc1nc(C2CC2)ns1. The second-order valence-corrected chi connectivity index (χ2v) is 4.08. The van der Waals surface area contributed by atoms with E-state index in [9.17, 15) is 4.79 Å². The van der Waals surface area contributed by atoms with E-state index < -0.39 is 6.09 Å². The van der Waals surface area contributed by atoms with Crippen molar-refractivity contribution in [2.45, 2.75) is 18.8 Å². The molecule has 0 radical (unpaired) electrons. The molecule has 0 unspecified atom stereocenters. The van der Waals surface area contributed by atoms with Crippen molar-refractivity contribution in [2.75, 3.05) is 18.5 Å². The van der Waals surface area contributed by atoms with Crippen molar-refractivity contribution in [3.8, 4) is 0 Å². The van der Waals surface area contributed by atoms with Crippen LogP contribution in [0.5, 0.6) is 0 Å². The van der Waals surface area contributed by atoms with Crippen LogP contribution < -0.4 is 11.1 Å². The number of carbonyl (C=O) groups is 1. The standard InChI is InChI=1S/C8H12N4O2S/c9-7(13)14-4-3-10-8-11-6(12-15-8)5-1-2-5/h5H,1-4H2,(H2,9,13)(H,10,11,12). The van der Waals surface area contributed by atoms with Crippen molar-refractivity contribution < 1.29 is 9.53 Å². The molecule has 1 amide bonds. The van der Waals surface area contributed by atoms with E-state index in [1.807, 2.05) is 0 Å². The summed E-state index contributed by atoms with van der Waals surface area (Å²) in [6, 6.07) is 0. The number of hydrogen-bond acceptors (Lipinski definition) is 6. The van der Waals surface area contributed by atoms with Crippen LogP contribution in [0, 0.1) is 0 Å². The Bertz CT molecular complexity index is 350. The molecule has 0 saturated heterocycles. The van der Waals surface area contributed by atoms with Gasteiger partial charge in [0.15, 0.2) is 0 Å². The molecular formula is C8H12N4O2S. The van der Waals surface area contributed by atoms with E-state index in [0.29, 0.717) is 12.5 Å². The lowest BCUT2D eigenvalue weighted by atomic mass is 10.4. The first kappa shape index (κ1) is 10.2. The molecule has 0 bridgehead atoms. The van der Waals surface area contributed by atoms with Gasteiger partial charge in [-0.25, -0.2) is 9.78 Å². The van der Waals surface area contributed by atoms with Gasteiger partial charge >= 0.3 is 6.09 Å². The van der Waals surface area contributed by atoms with Crippen molar-refractivity contribution in [2.24, 2.45) is 5.73 Å². The summed E-state index contributed by atoms with van der Waals surface area (Å²) in [6.07, 6.45) is 1.63. The normalized spacial score (nSPS) is 14.9. The van der Waals surface area contributed by atoms with E-state index >= 15 is 0 Å². The zero-order chi connectivity index (χ0) is 10.7. The zero-order valence-electron chi connectivity index (χ0n) is 8.10. The molecule has 1 fully saturated rings. The highest BCUT2D eigenvalue weighted by Crippen LogP contribution is 2.39. The Kier molecular flexibility index (Phi) is 3.00. The number of nitrogens with one attached hydrogen (secondary N) is 1. The molecule has 15 heavy (non-hydrogen) atoms. The Morgan fingerprint density at radius 1 is 1.67 bits per heavy atom. The summed E-state index contributed by atoms with van der Waals surface area (Å²) in [5.41, 5.74) is 4.81. The molecule has 0 aliphatic heterocycles. The molecule has 0 atom stereocenters.